The van der Waals surface area contributed by atoms with Crippen LogP contribution in [0.3, 0.4) is 0 Å². The topological polar surface area (TPSA) is 168 Å². The highest BCUT2D eigenvalue weighted by molar-refractivity contribution is 5.98. The highest BCUT2D eigenvalue weighted by Crippen LogP contribution is 2.39. The van der Waals surface area contributed by atoms with Crippen molar-refractivity contribution in [3.05, 3.63) is 48.2 Å². The molecule has 0 bridgehead atoms. The first kappa shape index (κ1) is 31.2. The Balaban J connectivity index is 0.000000906. The van der Waals surface area contributed by atoms with E-state index in [2.05, 4.69) is 36.8 Å². The van der Waals surface area contributed by atoms with Gasteiger partial charge in [0.25, 0.3) is 5.97 Å². The summed E-state index contributed by atoms with van der Waals surface area (Å²) >= 11 is 0. The minimum absolute atomic E-state index is 0.122. The lowest BCUT2D eigenvalue weighted by molar-refractivity contribution is -0.134. The predicted molar refractivity (Wildman–Crippen MR) is 167 cm³/mol. The number of methoxy groups -OCH3 is 1. The van der Waals surface area contributed by atoms with Crippen LogP contribution in [0.5, 0.6) is 5.75 Å². The number of aromatic nitrogens is 4. The summed E-state index contributed by atoms with van der Waals surface area (Å²) in [6.45, 7) is 6.03. The number of aliphatic carboxylic acids is 1. The lowest BCUT2D eigenvalue weighted by atomic mass is 9.90. The predicted octanol–water partition coefficient (Wildman–Crippen LogP) is 3.60. The molecule has 44 heavy (non-hydrogen) atoms. The number of aliphatic hydroxyl groups is 1. The zero-order valence-electron chi connectivity index (χ0n) is 25.6. The van der Waals surface area contributed by atoms with Gasteiger partial charge in [-0.05, 0) is 57.0 Å². The largest absolute Gasteiger partial charge is 0.495 e. The van der Waals surface area contributed by atoms with Gasteiger partial charge in [0, 0.05) is 44.7 Å². The molecule has 0 radical (unpaired) electrons. The number of hydrogen-bond donors (Lipinski definition) is 4. The Morgan fingerprint density at radius 3 is 2.41 bits per heavy atom. The van der Waals surface area contributed by atoms with E-state index >= 15 is 0 Å². The van der Waals surface area contributed by atoms with E-state index in [1.54, 1.807) is 13.2 Å². The summed E-state index contributed by atoms with van der Waals surface area (Å²) in [5, 5.41) is 25.9. The van der Waals surface area contributed by atoms with Gasteiger partial charge in [-0.2, -0.15) is 5.10 Å². The fourth-order valence-electron chi connectivity index (χ4n) is 6.08. The first-order valence-corrected chi connectivity index (χ1v) is 15.0. The number of hydrogen-bond acceptors (Lipinski definition) is 11. The Morgan fingerprint density at radius 1 is 1.07 bits per heavy atom. The van der Waals surface area contributed by atoms with E-state index in [4.69, 9.17) is 29.9 Å². The maximum Gasteiger partial charge on any atom is 0.300 e. The molecule has 1 saturated heterocycles. The number of nitrogens with one attached hydrogen (secondary N) is 1. The molecule has 0 unspecified atom stereocenters. The molecule has 0 amide bonds. The monoisotopic (exact) mass is 606 g/mol. The van der Waals surface area contributed by atoms with Crippen LogP contribution in [0.15, 0.2) is 41.1 Å². The molecule has 3 aromatic heterocycles. The van der Waals surface area contributed by atoms with Crippen molar-refractivity contribution in [2.24, 2.45) is 0 Å². The Kier molecular flexibility index (Phi) is 9.98. The molecule has 0 spiro atoms. The van der Waals surface area contributed by atoms with Crippen LogP contribution in [-0.2, 0) is 17.9 Å². The number of nitrogens with zero attached hydrogens (tertiary/aromatic N) is 6. The second-order valence-corrected chi connectivity index (χ2v) is 11.4. The van der Waals surface area contributed by atoms with Gasteiger partial charge in [-0.3, -0.25) is 9.69 Å². The van der Waals surface area contributed by atoms with E-state index < -0.39 is 5.97 Å². The van der Waals surface area contributed by atoms with Crippen LogP contribution in [0.1, 0.15) is 50.2 Å². The number of nitrogen functional groups attached to an aromatic ring is 1. The van der Waals surface area contributed by atoms with Crippen molar-refractivity contribution in [1.29, 1.82) is 0 Å². The Morgan fingerprint density at radius 2 is 1.75 bits per heavy atom. The van der Waals surface area contributed by atoms with Crippen molar-refractivity contribution >= 4 is 28.5 Å². The molecular formula is C31H42N8O5. The van der Waals surface area contributed by atoms with Gasteiger partial charge in [-0.1, -0.05) is 6.07 Å². The molecule has 1 aliphatic carbocycles. The van der Waals surface area contributed by atoms with E-state index in [1.165, 1.54) is 6.33 Å². The molecule has 5 N–H and O–H groups in total. The average molecular weight is 607 g/mol. The molecule has 2 aliphatic rings. The molecule has 4 aromatic rings. The molecule has 6 rings (SSSR count). The molecule has 0 atom stereocenters. The molecule has 1 aromatic carbocycles. The highest BCUT2D eigenvalue weighted by Gasteiger charge is 2.30. The Bertz CT molecular complexity index is 1550. The van der Waals surface area contributed by atoms with Gasteiger partial charge >= 0.3 is 0 Å². The number of carboxylic acids is 1. The number of furan rings is 1. The van der Waals surface area contributed by atoms with Gasteiger partial charge in [0.1, 0.15) is 41.7 Å². The maximum absolute atomic E-state index is 9.25. The summed E-state index contributed by atoms with van der Waals surface area (Å²) in [6.07, 6.45) is 5.98. The zero-order valence-corrected chi connectivity index (χ0v) is 25.6. The van der Waals surface area contributed by atoms with E-state index in [9.17, 15) is 5.11 Å². The van der Waals surface area contributed by atoms with E-state index in [1.807, 2.05) is 24.3 Å². The molecular weight excluding hydrogens is 564 g/mol. The molecule has 4 heterocycles. The minimum atomic E-state index is -0.833. The Labute approximate surface area is 256 Å². The van der Waals surface area contributed by atoms with Gasteiger partial charge in [0.15, 0.2) is 5.65 Å². The van der Waals surface area contributed by atoms with Gasteiger partial charge in [0.2, 0.25) is 0 Å². The van der Waals surface area contributed by atoms with Gasteiger partial charge in [-0.15, -0.1) is 0 Å². The van der Waals surface area contributed by atoms with Crippen LogP contribution < -0.4 is 15.8 Å². The van der Waals surface area contributed by atoms with Crippen LogP contribution in [0.4, 0.5) is 11.5 Å². The fraction of sp³-hybridized carbons (Fsp3) is 0.484. The smallest absolute Gasteiger partial charge is 0.300 e. The highest BCUT2D eigenvalue weighted by atomic mass is 16.5. The molecule has 236 valence electrons. The van der Waals surface area contributed by atoms with Crippen molar-refractivity contribution in [3.8, 4) is 17.0 Å². The van der Waals surface area contributed by atoms with Crippen LogP contribution in [0.2, 0.25) is 0 Å². The number of nitrogens with two attached hydrogens (primary N) is 1. The molecule has 2 fully saturated rings. The standard InChI is InChI=1S/C29H38N8O3.C2H4O2/c1-35-11-13-36(14-12-35)20-4-6-21(7-5-20)37-29-26(28(30)32-18-33-29)27(34-37)19-3-10-24(25(15-19)39-2)31-16-22-8-9-23(17-38)40-22;1-2(3)4/h3,8-10,15,18,20-21,31,38H,4-7,11-14,16-17H2,1-2H3,(H2,30,32,33);1H3,(H,3,4). The van der Waals surface area contributed by atoms with Gasteiger partial charge < -0.3 is 35.3 Å². The lowest BCUT2D eigenvalue weighted by Crippen LogP contribution is -2.49. The second-order valence-electron chi connectivity index (χ2n) is 11.4. The lowest BCUT2D eigenvalue weighted by Gasteiger charge is -2.41. The van der Waals surface area contributed by atoms with Crippen molar-refractivity contribution in [1.82, 2.24) is 29.5 Å². The van der Waals surface area contributed by atoms with E-state index in [0.29, 0.717) is 29.9 Å². The summed E-state index contributed by atoms with van der Waals surface area (Å²) in [4.78, 5) is 23.0. The third kappa shape index (κ3) is 7.12. The number of anilines is 2. The third-order valence-corrected chi connectivity index (χ3v) is 8.39. The number of carboxylic acid groups (broad SMARTS) is 1. The average Bonchev–Trinajstić information content (AvgIpc) is 3.66. The number of benzene rings is 1. The molecule has 13 heteroatoms. The summed E-state index contributed by atoms with van der Waals surface area (Å²) in [5.74, 6) is 1.54. The number of likely N-dealkylation sites (N-methyl/N-ethyl adjacent to an activating group) is 1. The third-order valence-electron chi connectivity index (χ3n) is 8.39. The SMILES string of the molecule is CC(=O)O.COc1cc(-c2nn(C3CCC(N4CCN(C)CC4)CC3)c3ncnc(N)c23)ccc1NCc1ccc(CO)o1. The number of rotatable bonds is 8. The van der Waals surface area contributed by atoms with Crippen molar-refractivity contribution in [2.45, 2.75) is 57.8 Å². The summed E-state index contributed by atoms with van der Waals surface area (Å²) in [5.41, 5.74) is 9.66. The van der Waals surface area contributed by atoms with Crippen molar-refractivity contribution < 1.29 is 24.2 Å². The zero-order chi connectivity index (χ0) is 31.2. The number of carbonyl (C=O) groups is 1. The first-order chi connectivity index (χ1) is 21.3. The number of aliphatic hydroxyl groups excluding tert-OH is 1. The summed E-state index contributed by atoms with van der Waals surface area (Å²) in [6, 6.07) is 10.5. The minimum Gasteiger partial charge on any atom is -0.495 e. The first-order valence-electron chi connectivity index (χ1n) is 15.0. The van der Waals surface area contributed by atoms with Crippen molar-refractivity contribution in [2.75, 3.05) is 51.4 Å². The van der Waals surface area contributed by atoms with Crippen LogP contribution in [0, 0.1) is 0 Å². The normalized spacial score (nSPS) is 19.4. The Hall–Kier alpha value is -4.20. The number of piperazine rings is 1. The fourth-order valence-corrected chi connectivity index (χ4v) is 6.08. The quantitative estimate of drug-likeness (QED) is 0.230. The van der Waals surface area contributed by atoms with E-state index in [-0.39, 0.29) is 12.6 Å². The molecule has 1 aliphatic heterocycles. The number of fused-ring (bicyclic) bond motifs is 1. The molecule has 13 nitrogen and oxygen atoms in total. The van der Waals surface area contributed by atoms with Gasteiger partial charge in [-0.25, -0.2) is 14.6 Å². The van der Waals surface area contributed by atoms with Crippen LogP contribution in [0.25, 0.3) is 22.3 Å². The summed E-state index contributed by atoms with van der Waals surface area (Å²) < 4.78 is 13.4. The van der Waals surface area contributed by atoms with Crippen molar-refractivity contribution in [3.63, 3.8) is 0 Å². The van der Waals surface area contributed by atoms with Gasteiger partial charge in [0.05, 0.1) is 30.8 Å². The second kappa shape index (κ2) is 14.1. The van der Waals surface area contributed by atoms with E-state index in [0.717, 1.165) is 92.5 Å². The van der Waals surface area contributed by atoms with Crippen LogP contribution >= 0.6 is 0 Å². The maximum atomic E-state index is 9.25. The summed E-state index contributed by atoms with van der Waals surface area (Å²) in [7, 11) is 3.85. The molecule has 1 saturated carbocycles. The number of ether oxygens (including phenoxy) is 1. The van der Waals surface area contributed by atoms with Crippen LogP contribution in [-0.4, -0.2) is 92.1 Å².